The zero-order valence-corrected chi connectivity index (χ0v) is 20.6. The van der Waals surface area contributed by atoms with Gasteiger partial charge in [-0.3, -0.25) is 9.80 Å². The first kappa shape index (κ1) is 24.1. The summed E-state index contributed by atoms with van der Waals surface area (Å²) in [6.07, 6.45) is 2.18. The fourth-order valence-electron chi connectivity index (χ4n) is 5.36. The van der Waals surface area contributed by atoms with E-state index in [4.69, 9.17) is 0 Å². The van der Waals surface area contributed by atoms with Gasteiger partial charge in [0.2, 0.25) is 0 Å². The molecule has 1 aliphatic rings. The Hall–Kier alpha value is -3.60. The van der Waals surface area contributed by atoms with Gasteiger partial charge in [-0.05, 0) is 72.5 Å². The number of nitrogens with zero attached hydrogens (tertiary/aromatic N) is 2. The molecule has 0 spiro atoms. The van der Waals surface area contributed by atoms with Gasteiger partial charge in [-0.25, -0.2) is 0 Å². The maximum atomic E-state index is 9.97. The van der Waals surface area contributed by atoms with Crippen molar-refractivity contribution in [2.75, 3.05) is 13.1 Å². The smallest absolute Gasteiger partial charge is 0.115 e. The average Bonchev–Trinajstić information content (AvgIpc) is 2.92. The summed E-state index contributed by atoms with van der Waals surface area (Å²) in [7, 11) is 0. The molecule has 1 heterocycles. The Labute approximate surface area is 214 Å². The lowest BCUT2D eigenvalue weighted by Crippen LogP contribution is -2.46. The molecule has 4 aromatic carbocycles. The van der Waals surface area contributed by atoms with Crippen molar-refractivity contribution in [3.63, 3.8) is 0 Å². The van der Waals surface area contributed by atoms with Crippen LogP contribution in [0.5, 0.6) is 11.5 Å². The van der Waals surface area contributed by atoms with Crippen LogP contribution in [-0.2, 0) is 13.1 Å². The molecule has 0 saturated carbocycles. The van der Waals surface area contributed by atoms with E-state index in [0.717, 1.165) is 50.1 Å². The SMILES string of the molecule is Oc1ccc(C(c2ccc(O)cc2)N(Cc2ccccc2)C2CCN(Cc3ccccc3)CC2)cc1. The lowest BCUT2D eigenvalue weighted by atomic mass is 9.92. The first-order valence-electron chi connectivity index (χ1n) is 12.8. The first-order valence-corrected chi connectivity index (χ1v) is 12.8. The highest BCUT2D eigenvalue weighted by Crippen LogP contribution is 2.36. The molecule has 4 heteroatoms. The highest BCUT2D eigenvalue weighted by Gasteiger charge is 2.32. The zero-order chi connectivity index (χ0) is 24.7. The molecule has 1 aliphatic heterocycles. The molecule has 0 amide bonds. The topological polar surface area (TPSA) is 46.9 Å². The minimum atomic E-state index is 0.0112. The lowest BCUT2D eigenvalue weighted by molar-refractivity contribution is 0.0763. The molecular weight excluding hydrogens is 444 g/mol. The van der Waals surface area contributed by atoms with Gasteiger partial charge in [0, 0.05) is 19.1 Å². The van der Waals surface area contributed by atoms with E-state index >= 15 is 0 Å². The molecule has 0 bridgehead atoms. The fourth-order valence-corrected chi connectivity index (χ4v) is 5.36. The van der Waals surface area contributed by atoms with Crippen LogP contribution in [-0.4, -0.2) is 39.1 Å². The Morgan fingerprint density at radius 2 is 1.11 bits per heavy atom. The molecule has 184 valence electrons. The van der Waals surface area contributed by atoms with Gasteiger partial charge in [0.15, 0.2) is 0 Å². The summed E-state index contributed by atoms with van der Waals surface area (Å²) in [6, 6.07) is 37.0. The van der Waals surface area contributed by atoms with Gasteiger partial charge in [-0.1, -0.05) is 84.9 Å². The number of rotatable bonds is 8. The molecule has 1 saturated heterocycles. The lowest BCUT2D eigenvalue weighted by Gasteiger charge is -2.43. The van der Waals surface area contributed by atoms with E-state index in [1.54, 1.807) is 24.3 Å². The van der Waals surface area contributed by atoms with Crippen LogP contribution in [0.3, 0.4) is 0 Å². The molecule has 1 fully saturated rings. The maximum absolute atomic E-state index is 9.97. The first-order chi connectivity index (χ1) is 17.7. The van der Waals surface area contributed by atoms with E-state index in [2.05, 4.69) is 70.5 Å². The van der Waals surface area contributed by atoms with Gasteiger partial charge < -0.3 is 10.2 Å². The van der Waals surface area contributed by atoms with E-state index < -0.39 is 0 Å². The predicted octanol–water partition coefficient (Wildman–Crippen LogP) is 6.35. The molecule has 0 radical (unpaired) electrons. The largest absolute Gasteiger partial charge is 0.508 e. The van der Waals surface area contributed by atoms with Crippen molar-refractivity contribution >= 4 is 0 Å². The van der Waals surface area contributed by atoms with E-state index in [9.17, 15) is 10.2 Å². The Morgan fingerprint density at radius 3 is 1.61 bits per heavy atom. The number of hydrogen-bond acceptors (Lipinski definition) is 4. The van der Waals surface area contributed by atoms with Crippen molar-refractivity contribution < 1.29 is 10.2 Å². The van der Waals surface area contributed by atoms with E-state index in [0.29, 0.717) is 6.04 Å². The zero-order valence-electron chi connectivity index (χ0n) is 20.6. The summed E-state index contributed by atoms with van der Waals surface area (Å²) >= 11 is 0. The number of aromatic hydroxyl groups is 2. The summed E-state index contributed by atoms with van der Waals surface area (Å²) < 4.78 is 0. The number of likely N-dealkylation sites (tertiary alicyclic amines) is 1. The van der Waals surface area contributed by atoms with Crippen molar-refractivity contribution in [3.05, 3.63) is 131 Å². The molecule has 0 aromatic heterocycles. The fraction of sp³-hybridized carbons (Fsp3) is 0.250. The maximum Gasteiger partial charge on any atom is 0.115 e. The third kappa shape index (κ3) is 5.96. The number of piperidine rings is 1. The van der Waals surface area contributed by atoms with Crippen LogP contribution in [0.2, 0.25) is 0 Å². The van der Waals surface area contributed by atoms with Gasteiger partial charge in [0.05, 0.1) is 6.04 Å². The van der Waals surface area contributed by atoms with Crippen molar-refractivity contribution in [2.24, 2.45) is 0 Å². The minimum Gasteiger partial charge on any atom is -0.508 e. The summed E-state index contributed by atoms with van der Waals surface area (Å²) in [6.45, 7) is 3.94. The monoisotopic (exact) mass is 478 g/mol. The van der Waals surface area contributed by atoms with E-state index in [-0.39, 0.29) is 17.5 Å². The molecule has 36 heavy (non-hydrogen) atoms. The predicted molar refractivity (Wildman–Crippen MR) is 145 cm³/mol. The van der Waals surface area contributed by atoms with Gasteiger partial charge in [-0.15, -0.1) is 0 Å². The number of benzene rings is 4. The van der Waals surface area contributed by atoms with Crippen molar-refractivity contribution in [1.82, 2.24) is 9.80 Å². The highest BCUT2D eigenvalue weighted by atomic mass is 16.3. The van der Waals surface area contributed by atoms with Crippen LogP contribution in [0.1, 0.15) is 41.1 Å². The molecule has 4 aromatic rings. The molecule has 0 unspecified atom stereocenters. The molecule has 0 aliphatic carbocycles. The Balaban J connectivity index is 1.44. The van der Waals surface area contributed by atoms with Crippen molar-refractivity contribution in [2.45, 2.75) is 38.0 Å². The van der Waals surface area contributed by atoms with Gasteiger partial charge >= 0.3 is 0 Å². The molecule has 5 rings (SSSR count). The van der Waals surface area contributed by atoms with Crippen LogP contribution < -0.4 is 0 Å². The van der Waals surface area contributed by atoms with E-state index in [1.165, 1.54) is 11.1 Å². The van der Waals surface area contributed by atoms with Crippen LogP contribution in [0, 0.1) is 0 Å². The third-order valence-corrected chi connectivity index (χ3v) is 7.23. The molecule has 2 N–H and O–H groups in total. The summed E-state index contributed by atoms with van der Waals surface area (Å²) in [4.78, 5) is 5.18. The Morgan fingerprint density at radius 1 is 0.639 bits per heavy atom. The Bertz CT molecular complexity index is 1160. The van der Waals surface area contributed by atoms with Crippen LogP contribution in [0.15, 0.2) is 109 Å². The van der Waals surface area contributed by atoms with Crippen LogP contribution in [0.4, 0.5) is 0 Å². The molecule has 4 nitrogen and oxygen atoms in total. The van der Waals surface area contributed by atoms with Crippen LogP contribution in [0.25, 0.3) is 0 Å². The van der Waals surface area contributed by atoms with Gasteiger partial charge in [0.1, 0.15) is 11.5 Å². The summed E-state index contributed by atoms with van der Waals surface area (Å²) in [5.41, 5.74) is 4.93. The van der Waals surface area contributed by atoms with Gasteiger partial charge in [0.25, 0.3) is 0 Å². The van der Waals surface area contributed by atoms with Gasteiger partial charge in [-0.2, -0.15) is 0 Å². The summed E-state index contributed by atoms with van der Waals surface area (Å²) in [5, 5.41) is 19.9. The number of phenols is 2. The minimum absolute atomic E-state index is 0.0112. The van der Waals surface area contributed by atoms with Crippen molar-refractivity contribution in [3.8, 4) is 11.5 Å². The number of hydrogen-bond donors (Lipinski definition) is 2. The average molecular weight is 479 g/mol. The van der Waals surface area contributed by atoms with Crippen molar-refractivity contribution in [1.29, 1.82) is 0 Å². The molecular formula is C32H34N2O2. The second kappa shape index (κ2) is 11.4. The highest BCUT2D eigenvalue weighted by molar-refractivity contribution is 5.38. The quantitative estimate of drug-likeness (QED) is 0.310. The molecule has 0 atom stereocenters. The summed E-state index contributed by atoms with van der Waals surface area (Å²) in [5.74, 6) is 0.541. The Kier molecular flexibility index (Phi) is 7.65. The second-order valence-electron chi connectivity index (χ2n) is 9.74. The van der Waals surface area contributed by atoms with E-state index in [1.807, 2.05) is 24.3 Å². The standard InChI is InChI=1S/C32H34N2O2/c35-30-15-11-27(12-16-30)32(28-13-17-31(36)18-14-28)34(24-26-9-5-2-6-10-26)29-19-21-33(22-20-29)23-25-7-3-1-4-8-25/h1-18,29,32,35-36H,19-24H2. The number of phenolic OH excluding ortho intramolecular Hbond substituents is 2. The normalized spacial score (nSPS) is 14.9. The second-order valence-corrected chi connectivity index (χ2v) is 9.74. The van der Waals surface area contributed by atoms with Crippen LogP contribution >= 0.6 is 0 Å². The third-order valence-electron chi connectivity index (χ3n) is 7.23.